The van der Waals surface area contributed by atoms with E-state index in [4.69, 9.17) is 0 Å². The molecule has 1 N–H and O–H groups in total. The standard InChI is InChI=1S/C23H23NO3/c1-24(2)20-12-10-16(11-13-20)14-18-7-5-8-19(22(18)25)15-17-6-3-4-9-21(17)23(26)27/h3-4,6,9-15H,5,7-8H2,1-2H3,(H,26,27). The van der Waals surface area contributed by atoms with Crippen LogP contribution in [0.1, 0.15) is 40.7 Å². The number of anilines is 1. The summed E-state index contributed by atoms with van der Waals surface area (Å²) in [5, 5.41) is 9.34. The van der Waals surface area contributed by atoms with Crippen LogP contribution in [0.4, 0.5) is 5.69 Å². The van der Waals surface area contributed by atoms with Crippen molar-refractivity contribution in [3.05, 3.63) is 76.4 Å². The lowest BCUT2D eigenvalue weighted by Gasteiger charge is -2.17. The summed E-state index contributed by atoms with van der Waals surface area (Å²) in [6.45, 7) is 0. The zero-order valence-electron chi connectivity index (χ0n) is 15.6. The molecular formula is C23H23NO3. The van der Waals surface area contributed by atoms with Gasteiger partial charge in [-0.25, -0.2) is 4.79 Å². The fourth-order valence-corrected chi connectivity index (χ4v) is 3.25. The topological polar surface area (TPSA) is 57.6 Å². The SMILES string of the molecule is CN(C)c1ccc(C=C2CCCC(=Cc3ccccc3C(=O)O)C2=O)cc1. The first-order valence-electron chi connectivity index (χ1n) is 9.01. The molecule has 1 saturated carbocycles. The number of Topliss-reactive ketones (excluding diaryl/α,β-unsaturated/α-hetero) is 1. The molecule has 0 spiro atoms. The molecule has 0 aliphatic heterocycles. The van der Waals surface area contributed by atoms with Gasteiger partial charge in [-0.2, -0.15) is 0 Å². The van der Waals surface area contributed by atoms with Gasteiger partial charge in [0.15, 0.2) is 5.78 Å². The van der Waals surface area contributed by atoms with Gasteiger partial charge in [-0.1, -0.05) is 30.3 Å². The van der Waals surface area contributed by atoms with Crippen molar-refractivity contribution < 1.29 is 14.7 Å². The van der Waals surface area contributed by atoms with Crippen LogP contribution in [-0.2, 0) is 4.79 Å². The lowest BCUT2D eigenvalue weighted by atomic mass is 9.86. The van der Waals surface area contributed by atoms with E-state index in [1.54, 1.807) is 30.3 Å². The van der Waals surface area contributed by atoms with Gasteiger partial charge in [0.1, 0.15) is 0 Å². The second kappa shape index (κ2) is 8.04. The van der Waals surface area contributed by atoms with Crippen LogP contribution >= 0.6 is 0 Å². The van der Waals surface area contributed by atoms with Gasteiger partial charge in [-0.05, 0) is 60.7 Å². The highest BCUT2D eigenvalue weighted by atomic mass is 16.4. The molecule has 138 valence electrons. The van der Waals surface area contributed by atoms with Gasteiger partial charge in [0.2, 0.25) is 0 Å². The van der Waals surface area contributed by atoms with Gasteiger partial charge in [-0.15, -0.1) is 0 Å². The Balaban J connectivity index is 1.89. The van der Waals surface area contributed by atoms with Crippen molar-refractivity contribution in [1.82, 2.24) is 0 Å². The zero-order valence-corrected chi connectivity index (χ0v) is 15.6. The van der Waals surface area contributed by atoms with E-state index < -0.39 is 5.97 Å². The summed E-state index contributed by atoms with van der Waals surface area (Å²) >= 11 is 0. The predicted molar refractivity (Wildman–Crippen MR) is 109 cm³/mol. The first-order valence-corrected chi connectivity index (χ1v) is 9.01. The van der Waals surface area contributed by atoms with Crippen molar-refractivity contribution in [2.45, 2.75) is 19.3 Å². The van der Waals surface area contributed by atoms with Crippen molar-refractivity contribution in [3.63, 3.8) is 0 Å². The molecule has 0 aromatic heterocycles. The summed E-state index contributed by atoms with van der Waals surface area (Å²) in [6, 6.07) is 14.8. The summed E-state index contributed by atoms with van der Waals surface area (Å²) < 4.78 is 0. The maximum absolute atomic E-state index is 12.9. The lowest BCUT2D eigenvalue weighted by molar-refractivity contribution is -0.112. The van der Waals surface area contributed by atoms with E-state index in [9.17, 15) is 14.7 Å². The van der Waals surface area contributed by atoms with Crippen LogP contribution in [0.3, 0.4) is 0 Å². The van der Waals surface area contributed by atoms with Gasteiger partial charge in [0, 0.05) is 30.9 Å². The molecule has 1 aliphatic carbocycles. The van der Waals surface area contributed by atoms with Crippen molar-refractivity contribution >= 4 is 29.6 Å². The van der Waals surface area contributed by atoms with Crippen molar-refractivity contribution in [1.29, 1.82) is 0 Å². The lowest BCUT2D eigenvalue weighted by Crippen LogP contribution is -2.12. The molecule has 1 aliphatic rings. The Hall–Kier alpha value is -3.14. The molecule has 0 unspecified atom stereocenters. The maximum atomic E-state index is 12.9. The van der Waals surface area contributed by atoms with Crippen LogP contribution in [0.25, 0.3) is 12.2 Å². The van der Waals surface area contributed by atoms with Crippen LogP contribution in [0.15, 0.2) is 59.7 Å². The van der Waals surface area contributed by atoms with Crippen molar-refractivity contribution in [3.8, 4) is 0 Å². The van der Waals surface area contributed by atoms with E-state index in [-0.39, 0.29) is 11.3 Å². The highest BCUT2D eigenvalue weighted by Gasteiger charge is 2.21. The number of benzene rings is 2. The highest BCUT2D eigenvalue weighted by molar-refractivity contribution is 6.14. The number of carboxylic acid groups (broad SMARTS) is 1. The molecule has 0 atom stereocenters. The molecule has 2 aromatic rings. The third kappa shape index (κ3) is 4.34. The minimum absolute atomic E-state index is 0.0122. The second-order valence-electron chi connectivity index (χ2n) is 6.90. The Morgan fingerprint density at radius 2 is 1.59 bits per heavy atom. The fraction of sp³-hybridized carbons (Fsp3) is 0.217. The maximum Gasteiger partial charge on any atom is 0.336 e. The van der Waals surface area contributed by atoms with E-state index in [2.05, 4.69) is 0 Å². The molecule has 2 aromatic carbocycles. The van der Waals surface area contributed by atoms with Crippen LogP contribution < -0.4 is 4.90 Å². The van der Waals surface area contributed by atoms with Gasteiger partial charge in [0.05, 0.1) is 5.56 Å². The first-order chi connectivity index (χ1) is 13.0. The predicted octanol–water partition coefficient (Wildman–Crippen LogP) is 4.67. The molecule has 0 heterocycles. The number of aromatic carboxylic acids is 1. The molecule has 4 heteroatoms. The van der Waals surface area contributed by atoms with Crippen LogP contribution in [0.2, 0.25) is 0 Å². The number of carboxylic acids is 1. The molecular weight excluding hydrogens is 338 g/mol. The van der Waals surface area contributed by atoms with Gasteiger partial charge in [0.25, 0.3) is 0 Å². The Labute approximate surface area is 159 Å². The minimum Gasteiger partial charge on any atom is -0.478 e. The first kappa shape index (κ1) is 18.6. The largest absolute Gasteiger partial charge is 0.478 e. The summed E-state index contributed by atoms with van der Waals surface area (Å²) in [5.41, 5.74) is 4.34. The monoisotopic (exact) mass is 361 g/mol. The third-order valence-electron chi connectivity index (χ3n) is 4.75. The second-order valence-corrected chi connectivity index (χ2v) is 6.90. The molecule has 0 amide bonds. The van der Waals surface area contributed by atoms with Crippen molar-refractivity contribution in [2.24, 2.45) is 0 Å². The molecule has 3 rings (SSSR count). The minimum atomic E-state index is -0.984. The summed E-state index contributed by atoms with van der Waals surface area (Å²) in [4.78, 5) is 26.3. The van der Waals surface area contributed by atoms with E-state index in [1.165, 1.54) is 0 Å². The van der Waals surface area contributed by atoms with E-state index in [1.807, 2.05) is 49.3 Å². The number of carbonyl (C=O) groups excluding carboxylic acids is 1. The summed E-state index contributed by atoms with van der Waals surface area (Å²) in [5.74, 6) is -0.972. The molecule has 0 radical (unpaired) electrons. The molecule has 4 nitrogen and oxygen atoms in total. The van der Waals surface area contributed by atoms with Crippen molar-refractivity contribution in [2.75, 3.05) is 19.0 Å². The van der Waals surface area contributed by atoms with E-state index in [0.29, 0.717) is 17.6 Å². The fourth-order valence-electron chi connectivity index (χ4n) is 3.25. The number of ketones is 1. The Bertz CT molecular complexity index is 921. The molecule has 1 fully saturated rings. The number of allylic oxidation sites excluding steroid dienone is 2. The summed E-state index contributed by atoms with van der Waals surface area (Å²) in [6.07, 6.45) is 5.97. The number of hydrogen-bond donors (Lipinski definition) is 1. The highest BCUT2D eigenvalue weighted by Crippen LogP contribution is 2.29. The van der Waals surface area contributed by atoms with E-state index >= 15 is 0 Å². The van der Waals surface area contributed by atoms with E-state index in [0.717, 1.165) is 29.7 Å². The van der Waals surface area contributed by atoms with Crippen LogP contribution in [-0.4, -0.2) is 31.0 Å². The van der Waals surface area contributed by atoms with Crippen LogP contribution in [0.5, 0.6) is 0 Å². The average Bonchev–Trinajstić information content (AvgIpc) is 2.65. The normalized spacial score (nSPS) is 17.3. The smallest absolute Gasteiger partial charge is 0.336 e. The number of hydrogen-bond acceptors (Lipinski definition) is 3. The quantitative estimate of drug-likeness (QED) is 0.804. The number of rotatable bonds is 4. The van der Waals surface area contributed by atoms with Crippen LogP contribution in [0, 0.1) is 0 Å². The number of nitrogens with zero attached hydrogens (tertiary/aromatic N) is 1. The van der Waals surface area contributed by atoms with Gasteiger partial charge >= 0.3 is 5.97 Å². The Morgan fingerprint density at radius 3 is 2.22 bits per heavy atom. The average molecular weight is 361 g/mol. The zero-order chi connectivity index (χ0) is 19.4. The Morgan fingerprint density at radius 1 is 0.963 bits per heavy atom. The van der Waals surface area contributed by atoms with Gasteiger partial charge in [-0.3, -0.25) is 4.79 Å². The summed E-state index contributed by atoms with van der Waals surface area (Å²) in [7, 11) is 3.98. The number of carbonyl (C=O) groups is 2. The third-order valence-corrected chi connectivity index (χ3v) is 4.75. The Kier molecular flexibility index (Phi) is 5.55. The molecule has 0 bridgehead atoms. The van der Waals surface area contributed by atoms with Gasteiger partial charge < -0.3 is 10.0 Å². The molecule has 27 heavy (non-hydrogen) atoms. The molecule has 0 saturated heterocycles.